The molecule has 0 heterocycles. The summed E-state index contributed by atoms with van der Waals surface area (Å²) in [4.78, 5) is 40.6. The Bertz CT molecular complexity index is 1250. The highest BCUT2D eigenvalue weighted by Gasteiger charge is 2.64. The van der Waals surface area contributed by atoms with Crippen molar-refractivity contribution >= 4 is 23.2 Å². The second-order valence-corrected chi connectivity index (χ2v) is 9.20. The molecule has 3 aliphatic carbocycles. The molecule has 1 aromatic carbocycles. The molecule has 1 saturated carbocycles. The van der Waals surface area contributed by atoms with Gasteiger partial charge >= 0.3 is 6.18 Å². The molecule has 6 N–H and O–H groups in total. The normalized spacial score (nSPS) is 28.2. The number of carbonyl (C=O) groups is 3. The summed E-state index contributed by atoms with van der Waals surface area (Å²) in [5.74, 6) is -8.90. The molecule has 4 atom stereocenters. The van der Waals surface area contributed by atoms with Gasteiger partial charge in [0.05, 0.1) is 17.2 Å². The number of primary amides is 1. The zero-order valence-electron chi connectivity index (χ0n) is 19.4. The van der Waals surface area contributed by atoms with Gasteiger partial charge in [-0.15, -0.1) is 0 Å². The van der Waals surface area contributed by atoms with Crippen LogP contribution in [-0.4, -0.2) is 67.5 Å². The number of aliphatic hydroxyl groups excluding tert-OH is 2. The number of nitrogens with two attached hydrogens (primary N) is 1. The van der Waals surface area contributed by atoms with Crippen LogP contribution in [0.2, 0.25) is 0 Å². The Morgan fingerprint density at radius 1 is 1.17 bits per heavy atom. The Morgan fingerprint density at radius 2 is 1.78 bits per heavy atom. The number of benzene rings is 1. The summed E-state index contributed by atoms with van der Waals surface area (Å²) in [7, 11) is 0. The molecule has 9 nitrogen and oxygen atoms in total. The summed E-state index contributed by atoms with van der Waals surface area (Å²) in [5, 5.41) is 43.6. The Balaban J connectivity index is 2.00. The number of likely N-dealkylation sites (N-methyl/N-ethyl adjacent to an activating group) is 1. The molecule has 1 aromatic rings. The van der Waals surface area contributed by atoms with Crippen molar-refractivity contribution in [2.24, 2.45) is 17.6 Å². The highest BCUT2D eigenvalue weighted by molar-refractivity contribution is 6.24. The maximum atomic E-state index is 13.7. The number of aromatic hydroxyl groups is 1. The predicted molar refractivity (Wildman–Crippen MR) is 118 cm³/mol. The molecule has 1 amide bonds. The lowest BCUT2D eigenvalue weighted by Gasteiger charge is -2.51. The van der Waals surface area contributed by atoms with Gasteiger partial charge in [-0.3, -0.25) is 19.3 Å². The number of phenols is 1. The summed E-state index contributed by atoms with van der Waals surface area (Å²) >= 11 is 0. The number of rotatable bonds is 4. The fourth-order valence-electron chi connectivity index (χ4n) is 5.95. The molecule has 194 valence electrons. The first kappa shape index (κ1) is 25.7. The number of aliphatic hydroxyl groups is 3. The first-order valence-electron chi connectivity index (χ1n) is 11.4. The van der Waals surface area contributed by atoms with Crippen LogP contribution in [0.1, 0.15) is 37.0 Å². The van der Waals surface area contributed by atoms with Crippen molar-refractivity contribution in [3.63, 3.8) is 0 Å². The van der Waals surface area contributed by atoms with Crippen molar-refractivity contribution in [2.45, 2.75) is 44.5 Å². The quantitative estimate of drug-likeness (QED) is 0.383. The lowest BCUT2D eigenvalue weighted by atomic mass is 9.57. The molecule has 0 bridgehead atoms. The summed E-state index contributed by atoms with van der Waals surface area (Å²) in [6, 6.07) is 0.120. The number of hydrogen-bond acceptors (Lipinski definition) is 8. The molecule has 0 unspecified atom stereocenters. The number of fused-ring (bicyclic) bond motifs is 3. The van der Waals surface area contributed by atoms with Crippen LogP contribution in [0.4, 0.5) is 13.2 Å². The molecule has 1 fully saturated rings. The van der Waals surface area contributed by atoms with Crippen LogP contribution in [0.3, 0.4) is 0 Å². The van der Waals surface area contributed by atoms with E-state index in [0.717, 1.165) is 6.07 Å². The van der Waals surface area contributed by atoms with Crippen molar-refractivity contribution in [1.82, 2.24) is 4.90 Å². The van der Waals surface area contributed by atoms with Crippen molar-refractivity contribution in [2.75, 3.05) is 13.1 Å². The fourth-order valence-corrected chi connectivity index (χ4v) is 5.95. The number of nitrogens with zero attached hydrogens (tertiary/aromatic N) is 1. The van der Waals surface area contributed by atoms with Crippen LogP contribution in [-0.2, 0) is 27.0 Å². The van der Waals surface area contributed by atoms with Gasteiger partial charge in [-0.05, 0) is 49.5 Å². The minimum absolute atomic E-state index is 0.244. The van der Waals surface area contributed by atoms with Gasteiger partial charge in [0, 0.05) is 11.5 Å². The van der Waals surface area contributed by atoms with Crippen molar-refractivity contribution in [3.8, 4) is 5.75 Å². The Morgan fingerprint density at radius 3 is 2.31 bits per heavy atom. The van der Waals surface area contributed by atoms with E-state index in [0.29, 0.717) is 6.07 Å². The smallest absolute Gasteiger partial charge is 0.416 e. The number of alkyl halides is 3. The van der Waals surface area contributed by atoms with E-state index in [1.807, 2.05) is 0 Å². The molecule has 0 aromatic heterocycles. The van der Waals surface area contributed by atoms with E-state index in [9.17, 15) is 48.0 Å². The van der Waals surface area contributed by atoms with Crippen LogP contribution in [0, 0.1) is 11.8 Å². The van der Waals surface area contributed by atoms with E-state index >= 15 is 0 Å². The first-order valence-corrected chi connectivity index (χ1v) is 11.4. The van der Waals surface area contributed by atoms with Crippen molar-refractivity contribution in [3.05, 3.63) is 45.7 Å². The maximum absolute atomic E-state index is 13.7. The minimum atomic E-state index is -4.82. The molecular weight excluding hydrogens is 485 g/mol. The van der Waals surface area contributed by atoms with Gasteiger partial charge in [-0.2, -0.15) is 13.2 Å². The van der Waals surface area contributed by atoms with E-state index in [1.54, 1.807) is 18.7 Å². The van der Waals surface area contributed by atoms with Gasteiger partial charge in [-0.25, -0.2) is 0 Å². The molecular formula is C24H25F3N2O7. The van der Waals surface area contributed by atoms with E-state index in [4.69, 9.17) is 5.73 Å². The van der Waals surface area contributed by atoms with Crippen LogP contribution < -0.4 is 5.73 Å². The van der Waals surface area contributed by atoms with Gasteiger partial charge < -0.3 is 26.2 Å². The third kappa shape index (κ3) is 3.34. The highest BCUT2D eigenvalue weighted by Crippen LogP contribution is 2.54. The second-order valence-electron chi connectivity index (χ2n) is 9.20. The van der Waals surface area contributed by atoms with Crippen LogP contribution in [0.15, 0.2) is 29.0 Å². The summed E-state index contributed by atoms with van der Waals surface area (Å²) < 4.78 is 41.2. The minimum Gasteiger partial charge on any atom is -0.508 e. The zero-order valence-corrected chi connectivity index (χ0v) is 19.4. The monoisotopic (exact) mass is 510 g/mol. The third-order valence-corrected chi connectivity index (χ3v) is 7.56. The van der Waals surface area contributed by atoms with E-state index in [-0.39, 0.29) is 19.5 Å². The summed E-state index contributed by atoms with van der Waals surface area (Å²) in [5.41, 5.74) is -1.13. The van der Waals surface area contributed by atoms with E-state index in [2.05, 4.69) is 0 Å². The molecule has 0 radical (unpaired) electrons. The van der Waals surface area contributed by atoms with Crippen LogP contribution >= 0.6 is 0 Å². The number of carbonyl (C=O) groups excluding carboxylic acids is 3. The number of phenolic OH excluding ortho intramolecular Hbond substituents is 1. The lowest BCUT2D eigenvalue weighted by Crippen LogP contribution is -2.66. The van der Waals surface area contributed by atoms with Crippen LogP contribution in [0.25, 0.3) is 5.76 Å². The Hall–Kier alpha value is -3.38. The van der Waals surface area contributed by atoms with E-state index < -0.39 is 98.7 Å². The summed E-state index contributed by atoms with van der Waals surface area (Å²) in [6.45, 7) is 3.87. The SMILES string of the molecule is CCN(CC)[C@@H]1C(=O)C(C(N)=O)=C(O)[C@@]2(O)C(=O)C3=C(O)c4c(O)ccc(C(F)(F)F)c4C[C@H]3C[C@@H]12. The van der Waals surface area contributed by atoms with Gasteiger partial charge in [0.25, 0.3) is 5.91 Å². The topological polar surface area (TPSA) is 161 Å². The van der Waals surface area contributed by atoms with Crippen molar-refractivity contribution < 1.29 is 48.0 Å². The predicted octanol–water partition coefficient (Wildman–Crippen LogP) is 1.76. The molecule has 4 rings (SSSR count). The zero-order chi connectivity index (χ0) is 26.9. The molecule has 36 heavy (non-hydrogen) atoms. The number of ketones is 2. The summed E-state index contributed by atoms with van der Waals surface area (Å²) in [6.07, 6.45) is -5.53. The lowest BCUT2D eigenvalue weighted by molar-refractivity contribution is -0.154. The number of hydrogen-bond donors (Lipinski definition) is 5. The Kier molecular flexibility index (Phi) is 5.96. The standard InChI is InChI=1S/C24H25F3N2O7/c1-3-29(4-2)17-12-8-9-7-10-11(24(25,26)27)5-6-13(30)15(10)18(31)14(9)20(33)23(12,36)21(34)16(19(17)32)22(28)35/h5-6,9,12,17,30-31,34,36H,3-4,7-8H2,1-2H3,(H2,28,35)/t9-,12-,17-,23-/m0/s1. The Labute approximate surface area is 203 Å². The van der Waals surface area contributed by atoms with Crippen LogP contribution in [0.5, 0.6) is 5.75 Å². The largest absolute Gasteiger partial charge is 0.508 e. The van der Waals surface area contributed by atoms with Gasteiger partial charge in [-0.1, -0.05) is 13.8 Å². The molecule has 12 heteroatoms. The average Bonchev–Trinajstić information content (AvgIpc) is 2.77. The van der Waals surface area contributed by atoms with Gasteiger partial charge in [0.15, 0.2) is 11.4 Å². The number of halogens is 3. The highest BCUT2D eigenvalue weighted by atomic mass is 19.4. The molecule has 0 spiro atoms. The van der Waals surface area contributed by atoms with Gasteiger partial charge in [0.1, 0.15) is 22.8 Å². The molecule has 3 aliphatic rings. The average molecular weight is 510 g/mol. The van der Waals surface area contributed by atoms with Gasteiger partial charge in [0.2, 0.25) is 5.78 Å². The van der Waals surface area contributed by atoms with Crippen molar-refractivity contribution in [1.29, 1.82) is 0 Å². The third-order valence-electron chi connectivity index (χ3n) is 7.56. The molecule has 0 saturated heterocycles. The second kappa shape index (κ2) is 8.34. The fraction of sp³-hybridized carbons (Fsp3) is 0.458. The molecule has 0 aliphatic heterocycles. The maximum Gasteiger partial charge on any atom is 0.416 e. The van der Waals surface area contributed by atoms with E-state index in [1.165, 1.54) is 0 Å². The number of Topliss-reactive ketones (excluding diaryl/α,β-unsaturated/α-hetero) is 2. The number of amides is 1. The first-order chi connectivity index (χ1) is 16.7.